The number of amides is 1. The molecule has 148 valence electrons. The van der Waals surface area contributed by atoms with Crippen molar-refractivity contribution < 1.29 is 24.2 Å². The van der Waals surface area contributed by atoms with Gasteiger partial charge in [-0.3, -0.25) is 9.59 Å². The molecule has 0 aliphatic carbocycles. The van der Waals surface area contributed by atoms with Gasteiger partial charge in [0.25, 0.3) is 0 Å². The SMILES string of the molecule is CCOC(=O)[C@@H](Cc1c[nH]c2ccccc12)NC(=O)CC[C@@H](N)C(=O)O.Cl. The van der Waals surface area contributed by atoms with Gasteiger partial charge in [0.2, 0.25) is 5.91 Å². The van der Waals surface area contributed by atoms with E-state index in [0.29, 0.717) is 0 Å². The molecule has 1 aromatic heterocycles. The van der Waals surface area contributed by atoms with Gasteiger partial charge in [0.05, 0.1) is 6.61 Å². The van der Waals surface area contributed by atoms with E-state index in [4.69, 9.17) is 15.6 Å². The quantitative estimate of drug-likeness (QED) is 0.472. The number of halogens is 1. The zero-order chi connectivity index (χ0) is 19.1. The first-order valence-corrected chi connectivity index (χ1v) is 8.41. The van der Waals surface area contributed by atoms with Crippen LogP contribution in [0.1, 0.15) is 25.3 Å². The van der Waals surface area contributed by atoms with Crippen molar-refractivity contribution in [1.82, 2.24) is 10.3 Å². The van der Waals surface area contributed by atoms with Crippen LogP contribution in [-0.2, 0) is 25.5 Å². The molecule has 0 aliphatic heterocycles. The minimum absolute atomic E-state index is 0. The number of ether oxygens (including phenoxy) is 1. The summed E-state index contributed by atoms with van der Waals surface area (Å²) >= 11 is 0. The van der Waals surface area contributed by atoms with Gasteiger partial charge in [-0.15, -0.1) is 12.4 Å². The third-order valence-corrected chi connectivity index (χ3v) is 4.00. The normalized spacial score (nSPS) is 12.7. The number of nitrogens with one attached hydrogen (secondary N) is 2. The van der Waals surface area contributed by atoms with Gasteiger partial charge in [-0.05, 0) is 25.0 Å². The second kappa shape index (κ2) is 10.5. The molecule has 0 radical (unpaired) electrons. The highest BCUT2D eigenvalue weighted by Gasteiger charge is 2.24. The summed E-state index contributed by atoms with van der Waals surface area (Å²) in [4.78, 5) is 38.2. The number of rotatable bonds is 9. The van der Waals surface area contributed by atoms with Gasteiger partial charge in [-0.2, -0.15) is 0 Å². The van der Waals surface area contributed by atoms with E-state index in [1.807, 2.05) is 24.3 Å². The van der Waals surface area contributed by atoms with Gasteiger partial charge < -0.3 is 25.9 Å². The molecular formula is C18H24ClN3O5. The average Bonchev–Trinajstić information content (AvgIpc) is 3.02. The lowest BCUT2D eigenvalue weighted by Crippen LogP contribution is -2.44. The second-order valence-corrected chi connectivity index (χ2v) is 5.92. The first-order chi connectivity index (χ1) is 12.4. The number of carboxylic acid groups (broad SMARTS) is 1. The number of carbonyl (C=O) groups excluding carboxylic acids is 2. The second-order valence-electron chi connectivity index (χ2n) is 5.92. The summed E-state index contributed by atoms with van der Waals surface area (Å²) in [6, 6.07) is 5.67. The summed E-state index contributed by atoms with van der Waals surface area (Å²) in [7, 11) is 0. The van der Waals surface area contributed by atoms with Crippen LogP contribution >= 0.6 is 12.4 Å². The summed E-state index contributed by atoms with van der Waals surface area (Å²) in [5.74, 6) is -2.15. The Balaban J connectivity index is 0.00000364. The highest BCUT2D eigenvalue weighted by atomic mass is 35.5. The number of benzene rings is 1. The summed E-state index contributed by atoms with van der Waals surface area (Å²) in [5.41, 5.74) is 7.21. The summed E-state index contributed by atoms with van der Waals surface area (Å²) < 4.78 is 5.05. The Labute approximate surface area is 162 Å². The average molecular weight is 398 g/mol. The summed E-state index contributed by atoms with van der Waals surface area (Å²) in [5, 5.41) is 12.4. The summed E-state index contributed by atoms with van der Waals surface area (Å²) in [6.45, 7) is 1.89. The van der Waals surface area contributed by atoms with Gasteiger partial charge in [-0.25, -0.2) is 4.79 Å². The van der Waals surface area contributed by atoms with Crippen molar-refractivity contribution in [1.29, 1.82) is 0 Å². The standard InChI is InChI=1S/C18H23N3O5.ClH/c1-2-26-18(25)15(21-16(22)8-7-13(19)17(23)24)9-11-10-20-14-6-4-3-5-12(11)14;/h3-6,10,13,15,20H,2,7-9,19H2,1H3,(H,21,22)(H,23,24);1H/t13-,15-;/m1./s1. The lowest BCUT2D eigenvalue weighted by atomic mass is 10.0. The predicted molar refractivity (Wildman–Crippen MR) is 103 cm³/mol. The number of H-pyrrole nitrogens is 1. The first kappa shape index (κ1) is 22.5. The molecule has 27 heavy (non-hydrogen) atoms. The number of para-hydroxylation sites is 1. The molecule has 9 heteroatoms. The monoisotopic (exact) mass is 397 g/mol. The number of hydrogen-bond donors (Lipinski definition) is 4. The molecule has 5 N–H and O–H groups in total. The van der Waals surface area contributed by atoms with E-state index in [-0.39, 0.29) is 38.3 Å². The number of fused-ring (bicyclic) bond motifs is 1. The number of aromatic nitrogens is 1. The van der Waals surface area contributed by atoms with Gasteiger partial charge in [-0.1, -0.05) is 18.2 Å². The molecule has 2 rings (SSSR count). The molecule has 1 amide bonds. The van der Waals surface area contributed by atoms with E-state index >= 15 is 0 Å². The molecule has 0 saturated carbocycles. The van der Waals surface area contributed by atoms with Crippen molar-refractivity contribution in [3.63, 3.8) is 0 Å². The van der Waals surface area contributed by atoms with Crippen molar-refractivity contribution in [2.24, 2.45) is 5.73 Å². The Hall–Kier alpha value is -2.58. The Morgan fingerprint density at radius 3 is 2.67 bits per heavy atom. The number of aromatic amines is 1. The van der Waals surface area contributed by atoms with Crippen molar-refractivity contribution in [2.45, 2.75) is 38.3 Å². The largest absolute Gasteiger partial charge is 0.480 e. The smallest absolute Gasteiger partial charge is 0.328 e. The molecule has 1 aromatic carbocycles. The van der Waals surface area contributed by atoms with E-state index in [2.05, 4.69) is 10.3 Å². The molecule has 2 atom stereocenters. The van der Waals surface area contributed by atoms with Crippen LogP contribution in [0.5, 0.6) is 0 Å². The minimum atomic E-state index is -1.17. The molecule has 0 aliphatic rings. The van der Waals surface area contributed by atoms with Gasteiger partial charge in [0.1, 0.15) is 12.1 Å². The number of carboxylic acids is 1. The van der Waals surface area contributed by atoms with Crippen LogP contribution in [0.25, 0.3) is 10.9 Å². The van der Waals surface area contributed by atoms with E-state index in [1.165, 1.54) is 0 Å². The van der Waals surface area contributed by atoms with Crippen molar-refractivity contribution in [3.05, 3.63) is 36.0 Å². The van der Waals surface area contributed by atoms with E-state index in [9.17, 15) is 14.4 Å². The third kappa shape index (κ3) is 6.26. The highest BCUT2D eigenvalue weighted by molar-refractivity contribution is 5.87. The van der Waals surface area contributed by atoms with Gasteiger partial charge in [0, 0.05) is 29.9 Å². The number of nitrogens with two attached hydrogens (primary N) is 1. The number of hydrogen-bond acceptors (Lipinski definition) is 5. The Bertz CT molecular complexity index is 792. The number of aliphatic carboxylic acids is 1. The van der Waals surface area contributed by atoms with Crippen LogP contribution in [0.3, 0.4) is 0 Å². The molecule has 0 bridgehead atoms. The molecule has 0 saturated heterocycles. The maximum atomic E-state index is 12.2. The lowest BCUT2D eigenvalue weighted by molar-refractivity contribution is -0.147. The summed E-state index contributed by atoms with van der Waals surface area (Å²) in [6.07, 6.45) is 1.96. The fourth-order valence-corrected chi connectivity index (χ4v) is 2.63. The van der Waals surface area contributed by atoms with Crippen molar-refractivity contribution >= 4 is 41.2 Å². The van der Waals surface area contributed by atoms with Crippen LogP contribution in [0.2, 0.25) is 0 Å². The number of carbonyl (C=O) groups is 3. The highest BCUT2D eigenvalue weighted by Crippen LogP contribution is 2.19. The molecule has 1 heterocycles. The van der Waals surface area contributed by atoms with Crippen molar-refractivity contribution in [3.8, 4) is 0 Å². The molecule has 8 nitrogen and oxygen atoms in total. The van der Waals surface area contributed by atoms with Crippen LogP contribution in [0.15, 0.2) is 30.5 Å². The van der Waals surface area contributed by atoms with Gasteiger partial charge >= 0.3 is 11.9 Å². The van der Waals surface area contributed by atoms with Crippen molar-refractivity contribution in [2.75, 3.05) is 6.61 Å². The molecule has 0 unspecified atom stereocenters. The Morgan fingerprint density at radius 1 is 1.30 bits per heavy atom. The molecule has 2 aromatic rings. The fourth-order valence-electron chi connectivity index (χ4n) is 2.63. The number of esters is 1. The zero-order valence-electron chi connectivity index (χ0n) is 14.9. The lowest BCUT2D eigenvalue weighted by Gasteiger charge is -2.17. The minimum Gasteiger partial charge on any atom is -0.480 e. The van der Waals surface area contributed by atoms with Crippen LogP contribution in [0.4, 0.5) is 0 Å². The Kier molecular flexibility index (Phi) is 8.77. The van der Waals surface area contributed by atoms with Gasteiger partial charge in [0.15, 0.2) is 0 Å². The van der Waals surface area contributed by atoms with Crippen LogP contribution in [0, 0.1) is 0 Å². The third-order valence-electron chi connectivity index (χ3n) is 4.00. The first-order valence-electron chi connectivity index (χ1n) is 8.41. The van der Waals surface area contributed by atoms with E-state index in [1.54, 1.807) is 13.1 Å². The van der Waals surface area contributed by atoms with Crippen LogP contribution < -0.4 is 11.1 Å². The van der Waals surface area contributed by atoms with E-state index < -0.39 is 29.9 Å². The topological polar surface area (TPSA) is 135 Å². The maximum absolute atomic E-state index is 12.2. The molecule has 0 fully saturated rings. The predicted octanol–water partition coefficient (Wildman–Crippen LogP) is 1.37. The fraction of sp³-hybridized carbons (Fsp3) is 0.389. The zero-order valence-corrected chi connectivity index (χ0v) is 15.8. The molecule has 0 spiro atoms. The Morgan fingerprint density at radius 2 is 2.00 bits per heavy atom. The maximum Gasteiger partial charge on any atom is 0.328 e. The van der Waals surface area contributed by atoms with E-state index in [0.717, 1.165) is 16.5 Å². The molecular weight excluding hydrogens is 374 g/mol. The van der Waals surface area contributed by atoms with Crippen LogP contribution in [-0.4, -0.2) is 46.6 Å².